The largest absolute Gasteiger partial charge is 0.454 e. The van der Waals surface area contributed by atoms with E-state index in [1.807, 2.05) is 26.0 Å². The summed E-state index contributed by atoms with van der Waals surface area (Å²) in [6, 6.07) is 0. The van der Waals surface area contributed by atoms with Gasteiger partial charge in [-0.2, -0.15) is 0 Å². The molecule has 4 heteroatoms. The standard InChI is InChI=1S/C15H24O4/c1-11(6-5-7-12(2)10-16)8-9-15(13(3)17)19-14(4)18/h7-8,15-16H,5-6,9-10H2,1-4H3/b11-8+,12-7+. The number of aliphatic hydroxyl groups excluding tert-OH is 1. The van der Waals surface area contributed by atoms with Crippen LogP contribution in [0, 0.1) is 0 Å². The first-order chi connectivity index (χ1) is 8.86. The number of Topliss-reactive ketones (excluding diaryl/α,β-unsaturated/α-hetero) is 1. The first kappa shape index (κ1) is 17.6. The zero-order valence-corrected chi connectivity index (χ0v) is 12.2. The van der Waals surface area contributed by atoms with Crippen LogP contribution in [0.2, 0.25) is 0 Å². The van der Waals surface area contributed by atoms with Crippen LogP contribution in [-0.2, 0) is 14.3 Å². The van der Waals surface area contributed by atoms with Crippen molar-refractivity contribution < 1.29 is 19.4 Å². The lowest BCUT2D eigenvalue weighted by molar-refractivity contribution is -0.152. The van der Waals surface area contributed by atoms with Gasteiger partial charge in [0, 0.05) is 13.3 Å². The molecule has 0 spiro atoms. The Morgan fingerprint density at radius 1 is 1.11 bits per heavy atom. The normalized spacial score (nSPS) is 14.2. The van der Waals surface area contributed by atoms with Gasteiger partial charge in [-0.3, -0.25) is 9.59 Å². The number of aliphatic hydroxyl groups is 1. The summed E-state index contributed by atoms with van der Waals surface area (Å²) in [5, 5.41) is 8.85. The Labute approximate surface area is 115 Å². The summed E-state index contributed by atoms with van der Waals surface area (Å²) in [6.07, 6.45) is 5.38. The second-order valence-electron chi connectivity index (χ2n) is 4.74. The topological polar surface area (TPSA) is 63.6 Å². The van der Waals surface area contributed by atoms with Crippen molar-refractivity contribution in [3.05, 3.63) is 23.3 Å². The summed E-state index contributed by atoms with van der Waals surface area (Å²) >= 11 is 0. The summed E-state index contributed by atoms with van der Waals surface area (Å²) in [4.78, 5) is 22.1. The highest BCUT2D eigenvalue weighted by Gasteiger charge is 2.15. The van der Waals surface area contributed by atoms with E-state index in [1.54, 1.807) is 0 Å². The number of rotatable bonds is 8. The minimum Gasteiger partial charge on any atom is -0.454 e. The van der Waals surface area contributed by atoms with Gasteiger partial charge in [0.25, 0.3) is 0 Å². The smallest absolute Gasteiger partial charge is 0.303 e. The van der Waals surface area contributed by atoms with Gasteiger partial charge >= 0.3 is 5.97 Å². The molecule has 0 heterocycles. The predicted octanol–water partition coefficient (Wildman–Crippen LogP) is 2.56. The van der Waals surface area contributed by atoms with E-state index in [2.05, 4.69) is 0 Å². The monoisotopic (exact) mass is 268 g/mol. The molecule has 1 unspecified atom stereocenters. The van der Waals surface area contributed by atoms with E-state index < -0.39 is 12.1 Å². The van der Waals surface area contributed by atoms with Crippen molar-refractivity contribution in [3.63, 3.8) is 0 Å². The van der Waals surface area contributed by atoms with Gasteiger partial charge in [-0.25, -0.2) is 0 Å². The lowest BCUT2D eigenvalue weighted by atomic mass is 10.1. The van der Waals surface area contributed by atoms with Crippen molar-refractivity contribution in [2.45, 2.75) is 53.1 Å². The molecule has 1 N–H and O–H groups in total. The molecule has 0 fully saturated rings. The van der Waals surface area contributed by atoms with Gasteiger partial charge in [-0.15, -0.1) is 0 Å². The molecule has 108 valence electrons. The summed E-state index contributed by atoms with van der Waals surface area (Å²) in [6.45, 7) is 6.67. The molecule has 0 aromatic rings. The Hall–Kier alpha value is -1.42. The van der Waals surface area contributed by atoms with E-state index >= 15 is 0 Å². The minimum atomic E-state index is -0.679. The second kappa shape index (κ2) is 9.50. The van der Waals surface area contributed by atoms with Crippen molar-refractivity contribution in [3.8, 4) is 0 Å². The van der Waals surface area contributed by atoms with Crippen LogP contribution in [0.25, 0.3) is 0 Å². The third kappa shape index (κ3) is 9.19. The van der Waals surface area contributed by atoms with Crippen LogP contribution >= 0.6 is 0 Å². The molecule has 0 aromatic heterocycles. The van der Waals surface area contributed by atoms with Crippen molar-refractivity contribution in [2.75, 3.05) is 6.61 Å². The van der Waals surface area contributed by atoms with Crippen LogP contribution < -0.4 is 0 Å². The maximum absolute atomic E-state index is 11.3. The quantitative estimate of drug-likeness (QED) is 0.543. The molecule has 4 nitrogen and oxygen atoms in total. The van der Waals surface area contributed by atoms with Gasteiger partial charge in [0.05, 0.1) is 6.61 Å². The molecule has 0 aliphatic heterocycles. The van der Waals surface area contributed by atoms with Gasteiger partial charge in [-0.1, -0.05) is 23.3 Å². The highest BCUT2D eigenvalue weighted by atomic mass is 16.5. The van der Waals surface area contributed by atoms with E-state index in [0.29, 0.717) is 6.42 Å². The Morgan fingerprint density at radius 3 is 2.21 bits per heavy atom. The van der Waals surface area contributed by atoms with Crippen molar-refractivity contribution >= 4 is 11.8 Å². The van der Waals surface area contributed by atoms with Crippen LogP contribution in [0.4, 0.5) is 0 Å². The highest BCUT2D eigenvalue weighted by Crippen LogP contribution is 2.10. The molecule has 0 aliphatic rings. The molecule has 1 atom stereocenters. The van der Waals surface area contributed by atoms with Crippen LogP contribution in [-0.4, -0.2) is 29.6 Å². The molecule has 0 aliphatic carbocycles. The Bertz CT molecular complexity index is 366. The molecular formula is C15H24O4. The van der Waals surface area contributed by atoms with Crippen LogP contribution in [0.5, 0.6) is 0 Å². The maximum atomic E-state index is 11.3. The Kier molecular flexibility index (Phi) is 8.79. The molecule has 0 aromatic carbocycles. The summed E-state index contributed by atoms with van der Waals surface area (Å²) in [5.74, 6) is -0.581. The first-order valence-electron chi connectivity index (χ1n) is 6.46. The van der Waals surface area contributed by atoms with E-state index in [4.69, 9.17) is 9.84 Å². The number of carbonyl (C=O) groups is 2. The van der Waals surface area contributed by atoms with Crippen molar-refractivity contribution in [1.29, 1.82) is 0 Å². The zero-order valence-electron chi connectivity index (χ0n) is 12.2. The number of ether oxygens (including phenoxy) is 1. The van der Waals surface area contributed by atoms with Gasteiger partial charge in [0.1, 0.15) is 0 Å². The number of esters is 1. The predicted molar refractivity (Wildman–Crippen MR) is 74.7 cm³/mol. The number of allylic oxidation sites excluding steroid dienone is 2. The fraction of sp³-hybridized carbons (Fsp3) is 0.600. The lowest BCUT2D eigenvalue weighted by Gasteiger charge is -2.12. The molecule has 0 saturated heterocycles. The fourth-order valence-electron chi connectivity index (χ4n) is 1.52. The van der Waals surface area contributed by atoms with Gasteiger partial charge in [0.2, 0.25) is 0 Å². The number of carbonyl (C=O) groups excluding carboxylic acids is 2. The SMILES string of the molecule is CC(=O)OC(C/C=C(\C)CC/C=C(\C)CO)C(C)=O. The average Bonchev–Trinajstić information content (AvgIpc) is 2.33. The Balaban J connectivity index is 4.27. The van der Waals surface area contributed by atoms with E-state index in [9.17, 15) is 9.59 Å². The van der Waals surface area contributed by atoms with Crippen LogP contribution in [0.3, 0.4) is 0 Å². The van der Waals surface area contributed by atoms with E-state index in [1.165, 1.54) is 13.8 Å². The molecule has 0 saturated carbocycles. The Morgan fingerprint density at radius 2 is 1.74 bits per heavy atom. The summed E-state index contributed by atoms with van der Waals surface area (Å²) < 4.78 is 4.94. The third-order valence-electron chi connectivity index (χ3n) is 2.72. The van der Waals surface area contributed by atoms with Gasteiger partial charge in [0.15, 0.2) is 11.9 Å². The number of hydrogen-bond acceptors (Lipinski definition) is 4. The third-order valence-corrected chi connectivity index (χ3v) is 2.72. The van der Waals surface area contributed by atoms with E-state index in [0.717, 1.165) is 24.0 Å². The molecule has 0 bridgehead atoms. The molecule has 0 rings (SSSR count). The molecular weight excluding hydrogens is 244 g/mol. The zero-order chi connectivity index (χ0) is 14.8. The second-order valence-corrected chi connectivity index (χ2v) is 4.74. The maximum Gasteiger partial charge on any atom is 0.303 e. The van der Waals surface area contributed by atoms with Gasteiger partial charge < -0.3 is 9.84 Å². The van der Waals surface area contributed by atoms with Crippen molar-refractivity contribution in [1.82, 2.24) is 0 Å². The lowest BCUT2D eigenvalue weighted by Crippen LogP contribution is -2.23. The summed E-state index contributed by atoms with van der Waals surface area (Å²) in [5.41, 5.74) is 2.09. The number of ketones is 1. The van der Waals surface area contributed by atoms with Crippen LogP contribution in [0.1, 0.15) is 47.0 Å². The minimum absolute atomic E-state index is 0.0849. The van der Waals surface area contributed by atoms with Crippen molar-refractivity contribution in [2.24, 2.45) is 0 Å². The molecule has 0 amide bonds. The number of hydrogen-bond donors (Lipinski definition) is 1. The van der Waals surface area contributed by atoms with E-state index in [-0.39, 0.29) is 12.4 Å². The first-order valence-corrected chi connectivity index (χ1v) is 6.46. The van der Waals surface area contributed by atoms with Crippen LogP contribution in [0.15, 0.2) is 23.3 Å². The molecule has 0 radical (unpaired) electrons. The highest BCUT2D eigenvalue weighted by molar-refractivity contribution is 5.83. The average molecular weight is 268 g/mol. The fourth-order valence-corrected chi connectivity index (χ4v) is 1.52. The summed E-state index contributed by atoms with van der Waals surface area (Å²) in [7, 11) is 0. The molecule has 19 heavy (non-hydrogen) atoms. The van der Waals surface area contributed by atoms with Gasteiger partial charge in [-0.05, 0) is 33.6 Å².